The molecule has 1 aromatic rings. The van der Waals surface area contributed by atoms with Crippen molar-refractivity contribution in [3.63, 3.8) is 0 Å². The van der Waals surface area contributed by atoms with Gasteiger partial charge in [0.2, 0.25) is 0 Å². The second-order valence-corrected chi connectivity index (χ2v) is 2.42. The average molecular weight is 184 g/mol. The van der Waals surface area contributed by atoms with E-state index < -0.39 is 11.8 Å². The molecule has 0 unspecified atom stereocenters. The monoisotopic (exact) mass is 184 g/mol. The highest BCUT2D eigenvalue weighted by Crippen LogP contribution is 2.18. The van der Waals surface area contributed by atoms with Crippen LogP contribution in [0.4, 0.5) is 0 Å². The maximum Gasteiger partial charge on any atom is 0.405 e. The summed E-state index contributed by atoms with van der Waals surface area (Å²) in [5.74, 6) is -4.35. The number of carbonyl (C=O) groups excluding carboxylic acids is 1. The van der Waals surface area contributed by atoms with E-state index in [0.717, 1.165) is 0 Å². The first-order valence-electron chi connectivity index (χ1n) is 3.45. The Balaban J connectivity index is 3.00. The van der Waals surface area contributed by atoms with Crippen LogP contribution in [0.1, 0.15) is 5.56 Å². The molecule has 0 radical (unpaired) electrons. The van der Waals surface area contributed by atoms with Crippen molar-refractivity contribution in [3.8, 4) is 0 Å². The summed E-state index contributed by atoms with van der Waals surface area (Å²) < 4.78 is 0. The third-order valence-electron chi connectivity index (χ3n) is 1.54. The van der Waals surface area contributed by atoms with E-state index in [-0.39, 0.29) is 5.56 Å². The van der Waals surface area contributed by atoms with Gasteiger partial charge in [0, 0.05) is 5.56 Å². The van der Waals surface area contributed by atoms with Crippen LogP contribution >= 0.6 is 0 Å². The zero-order valence-corrected chi connectivity index (χ0v) is 6.54. The van der Waals surface area contributed by atoms with Crippen LogP contribution in [0.5, 0.6) is 0 Å². The first-order valence-corrected chi connectivity index (χ1v) is 3.45. The lowest BCUT2D eigenvalue weighted by Crippen LogP contribution is -2.36. The van der Waals surface area contributed by atoms with Gasteiger partial charge < -0.3 is 10.2 Å². The Hall–Kier alpha value is -1.43. The molecule has 70 valence electrons. The van der Waals surface area contributed by atoms with E-state index in [1.54, 1.807) is 6.07 Å². The van der Waals surface area contributed by atoms with E-state index in [2.05, 4.69) is 4.89 Å². The molecule has 0 aliphatic carbocycles. The molecular formula is C8H8O5. The minimum absolute atomic E-state index is 0.0750. The van der Waals surface area contributed by atoms with Gasteiger partial charge in [-0.3, -0.25) is 4.89 Å². The van der Waals surface area contributed by atoms with Gasteiger partial charge in [-0.05, 0) is 0 Å². The molecule has 1 aromatic carbocycles. The van der Waals surface area contributed by atoms with Crippen LogP contribution in [-0.4, -0.2) is 21.4 Å². The van der Waals surface area contributed by atoms with Gasteiger partial charge in [0.05, 0.1) is 0 Å². The van der Waals surface area contributed by atoms with Gasteiger partial charge in [-0.25, -0.2) is 4.79 Å². The second-order valence-electron chi connectivity index (χ2n) is 2.42. The Bertz CT molecular complexity index is 293. The molecule has 5 heteroatoms. The van der Waals surface area contributed by atoms with Gasteiger partial charge in [-0.2, -0.15) is 5.26 Å². The minimum Gasteiger partial charge on any atom is -0.353 e. The number of hydrogen-bond donors (Lipinski definition) is 3. The Morgan fingerprint density at radius 1 is 1.23 bits per heavy atom. The molecule has 3 N–H and O–H groups in total. The van der Waals surface area contributed by atoms with Crippen molar-refractivity contribution in [1.82, 2.24) is 0 Å². The van der Waals surface area contributed by atoms with Crippen LogP contribution in [0.3, 0.4) is 0 Å². The van der Waals surface area contributed by atoms with Crippen molar-refractivity contribution in [2.45, 2.75) is 5.79 Å². The second kappa shape index (κ2) is 3.53. The molecule has 0 atom stereocenters. The van der Waals surface area contributed by atoms with E-state index in [9.17, 15) is 15.0 Å². The third kappa shape index (κ3) is 1.83. The molecule has 0 bridgehead atoms. The van der Waals surface area contributed by atoms with Crippen molar-refractivity contribution in [1.29, 1.82) is 0 Å². The van der Waals surface area contributed by atoms with E-state index in [1.165, 1.54) is 24.3 Å². The normalized spacial score (nSPS) is 11.0. The third-order valence-corrected chi connectivity index (χ3v) is 1.54. The molecule has 0 spiro atoms. The fourth-order valence-corrected chi connectivity index (χ4v) is 0.852. The van der Waals surface area contributed by atoms with Gasteiger partial charge in [0.1, 0.15) is 0 Å². The van der Waals surface area contributed by atoms with Crippen LogP contribution in [0.25, 0.3) is 0 Å². The van der Waals surface area contributed by atoms with Crippen molar-refractivity contribution in [2.75, 3.05) is 0 Å². The summed E-state index contributed by atoms with van der Waals surface area (Å²) in [5, 5.41) is 26.3. The largest absolute Gasteiger partial charge is 0.405 e. The number of benzene rings is 1. The Morgan fingerprint density at radius 3 is 2.23 bits per heavy atom. The van der Waals surface area contributed by atoms with Crippen molar-refractivity contribution in [2.24, 2.45) is 0 Å². The van der Waals surface area contributed by atoms with Gasteiger partial charge in [0.15, 0.2) is 0 Å². The SMILES string of the molecule is O=C(OO)C(O)(O)c1ccccc1. The Kier molecular flexibility index (Phi) is 2.62. The number of hydrogen-bond acceptors (Lipinski definition) is 5. The molecule has 0 aliphatic rings. The first-order chi connectivity index (χ1) is 6.09. The van der Waals surface area contributed by atoms with Gasteiger partial charge >= 0.3 is 5.97 Å². The maximum atomic E-state index is 10.7. The molecule has 13 heavy (non-hydrogen) atoms. The number of aliphatic hydroxyl groups is 2. The highest BCUT2D eigenvalue weighted by atomic mass is 17.1. The lowest BCUT2D eigenvalue weighted by Gasteiger charge is -2.16. The van der Waals surface area contributed by atoms with Crippen molar-refractivity contribution >= 4 is 5.97 Å². The minimum atomic E-state index is -2.81. The van der Waals surface area contributed by atoms with Crippen LogP contribution in [-0.2, 0) is 15.5 Å². The molecule has 0 heterocycles. The van der Waals surface area contributed by atoms with Gasteiger partial charge in [0.25, 0.3) is 5.79 Å². The summed E-state index contributed by atoms with van der Waals surface area (Å²) in [7, 11) is 0. The van der Waals surface area contributed by atoms with E-state index in [1.807, 2.05) is 0 Å². The molecule has 0 saturated carbocycles. The van der Waals surface area contributed by atoms with Crippen LogP contribution in [0.15, 0.2) is 30.3 Å². The Labute approximate surface area is 73.7 Å². The molecule has 0 amide bonds. The maximum absolute atomic E-state index is 10.7. The molecule has 0 aromatic heterocycles. The lowest BCUT2D eigenvalue weighted by atomic mass is 10.1. The summed E-state index contributed by atoms with van der Waals surface area (Å²) in [4.78, 5) is 13.9. The molecule has 1 rings (SSSR count). The zero-order chi connectivity index (χ0) is 9.90. The van der Waals surface area contributed by atoms with E-state index >= 15 is 0 Å². The zero-order valence-electron chi connectivity index (χ0n) is 6.54. The highest BCUT2D eigenvalue weighted by Gasteiger charge is 2.37. The predicted octanol–water partition coefficient (Wildman–Crippen LogP) is -0.160. The van der Waals surface area contributed by atoms with Crippen molar-refractivity contribution in [3.05, 3.63) is 35.9 Å². The van der Waals surface area contributed by atoms with Crippen LogP contribution in [0.2, 0.25) is 0 Å². The van der Waals surface area contributed by atoms with Gasteiger partial charge in [-0.15, -0.1) is 0 Å². The average Bonchev–Trinajstić information content (AvgIpc) is 2.18. The molecular weight excluding hydrogens is 176 g/mol. The topological polar surface area (TPSA) is 87.0 Å². The van der Waals surface area contributed by atoms with Crippen LogP contribution < -0.4 is 0 Å². The summed E-state index contributed by atoms with van der Waals surface area (Å²) in [6, 6.07) is 7.31. The quantitative estimate of drug-likeness (QED) is 0.337. The summed E-state index contributed by atoms with van der Waals surface area (Å²) in [6.07, 6.45) is 0. The standard InChI is InChI=1S/C8H8O5/c9-7(13-12)8(10,11)6-4-2-1-3-5-6/h1-5,10-12H. The summed E-state index contributed by atoms with van der Waals surface area (Å²) in [6.45, 7) is 0. The lowest BCUT2D eigenvalue weighted by molar-refractivity contribution is -0.280. The molecule has 0 fully saturated rings. The first kappa shape index (κ1) is 9.66. The Morgan fingerprint density at radius 2 is 1.77 bits per heavy atom. The molecule has 0 saturated heterocycles. The van der Waals surface area contributed by atoms with E-state index in [4.69, 9.17) is 5.26 Å². The van der Waals surface area contributed by atoms with Crippen LogP contribution in [0, 0.1) is 0 Å². The fraction of sp³-hybridized carbons (Fsp3) is 0.125. The number of rotatable bonds is 2. The number of carbonyl (C=O) groups is 1. The van der Waals surface area contributed by atoms with Gasteiger partial charge in [-0.1, -0.05) is 30.3 Å². The highest BCUT2D eigenvalue weighted by molar-refractivity contribution is 5.78. The summed E-state index contributed by atoms with van der Waals surface area (Å²) >= 11 is 0. The van der Waals surface area contributed by atoms with E-state index in [0.29, 0.717) is 0 Å². The fourth-order valence-electron chi connectivity index (χ4n) is 0.852. The smallest absolute Gasteiger partial charge is 0.353 e. The predicted molar refractivity (Wildman–Crippen MR) is 41.3 cm³/mol. The van der Waals surface area contributed by atoms with Crippen molar-refractivity contribution < 1.29 is 25.2 Å². The molecule has 0 aliphatic heterocycles. The summed E-state index contributed by atoms with van der Waals surface area (Å²) in [5.41, 5.74) is -0.0750. The molecule has 5 nitrogen and oxygen atoms in total.